The van der Waals surface area contributed by atoms with E-state index in [1.807, 2.05) is 17.0 Å². The van der Waals surface area contributed by atoms with Crippen LogP contribution in [-0.2, 0) is 11.0 Å². The number of carbonyl (C=O) groups excluding carboxylic acids is 2. The average Bonchev–Trinajstić information content (AvgIpc) is 3.49. The highest BCUT2D eigenvalue weighted by atomic mass is 19.4. The normalized spacial score (nSPS) is 23.7. The van der Waals surface area contributed by atoms with Crippen molar-refractivity contribution in [1.29, 1.82) is 0 Å². The number of hydrogen-bond acceptors (Lipinski definition) is 7. The molecule has 2 aromatic heterocycles. The van der Waals surface area contributed by atoms with Gasteiger partial charge in [0.2, 0.25) is 5.91 Å². The van der Waals surface area contributed by atoms with E-state index in [-0.39, 0.29) is 33.0 Å². The lowest BCUT2D eigenvalue weighted by atomic mass is 9.87. The number of halogens is 3. The van der Waals surface area contributed by atoms with E-state index < -0.39 is 17.6 Å². The van der Waals surface area contributed by atoms with Crippen molar-refractivity contribution in [1.82, 2.24) is 30.1 Å². The molecule has 0 bridgehead atoms. The number of likely N-dealkylation sites (tertiary alicyclic amines) is 2. The minimum atomic E-state index is -4.53. The molecule has 1 aliphatic carbocycles. The maximum Gasteiger partial charge on any atom is 0.416 e. The van der Waals surface area contributed by atoms with E-state index in [0.29, 0.717) is 24.5 Å². The highest BCUT2D eigenvalue weighted by Crippen LogP contribution is 2.35. The molecule has 4 heterocycles. The third kappa shape index (κ3) is 7.78. The lowest BCUT2D eigenvalue weighted by molar-refractivity contribution is -0.137. The molecule has 2 aliphatic heterocycles. The first-order valence-corrected chi connectivity index (χ1v) is 15.1. The standard InChI is InChI=1S/C23H30F3N3O3.C9H7N3.2H2/c24-23(25,26)16-4-1-3-15(13-16)22(32)27-14-21(31)29-12-10-20-19(29)5-2-11-28(20)17-6-8-18(30)9-7-17;1-3-8(7-10-4-1)9-11-5-2-6-12-9;;/h1,3-4,13,17-20,30H,2,5-12,14H2,(H,27,32);1-7H;2*1H/t17?,18?,19-,20+;;;/m1.../s1. The fourth-order valence-electron chi connectivity index (χ4n) is 6.51. The molecular formula is C32H41F3N6O3. The predicted molar refractivity (Wildman–Crippen MR) is 161 cm³/mol. The Hall–Kier alpha value is -3.90. The van der Waals surface area contributed by atoms with E-state index in [4.69, 9.17) is 0 Å². The van der Waals surface area contributed by atoms with Crippen LogP contribution in [0, 0.1) is 0 Å². The topological polar surface area (TPSA) is 112 Å². The molecule has 9 nitrogen and oxygen atoms in total. The molecule has 2 N–H and O–H groups in total. The Kier molecular flexibility index (Phi) is 10.2. The summed E-state index contributed by atoms with van der Waals surface area (Å²) in [5.41, 5.74) is -0.0651. The molecule has 44 heavy (non-hydrogen) atoms. The number of amides is 2. The Morgan fingerprint density at radius 3 is 2.41 bits per heavy atom. The molecule has 3 fully saturated rings. The minimum absolute atomic E-state index is 0. The first kappa shape index (κ1) is 31.5. The van der Waals surface area contributed by atoms with Gasteiger partial charge in [-0.1, -0.05) is 6.07 Å². The van der Waals surface area contributed by atoms with Gasteiger partial charge in [0.25, 0.3) is 5.91 Å². The summed E-state index contributed by atoms with van der Waals surface area (Å²) >= 11 is 0. The second-order valence-electron chi connectivity index (χ2n) is 11.4. The van der Waals surface area contributed by atoms with Crippen LogP contribution < -0.4 is 5.32 Å². The first-order chi connectivity index (χ1) is 21.2. The number of aromatic nitrogens is 3. The van der Waals surface area contributed by atoms with Crippen molar-refractivity contribution in [2.75, 3.05) is 19.6 Å². The van der Waals surface area contributed by atoms with Gasteiger partial charge >= 0.3 is 6.18 Å². The van der Waals surface area contributed by atoms with Gasteiger partial charge in [0, 0.05) is 63.4 Å². The Labute approximate surface area is 257 Å². The number of nitrogens with zero attached hydrogens (tertiary/aromatic N) is 5. The third-order valence-corrected chi connectivity index (χ3v) is 8.65. The van der Waals surface area contributed by atoms with Crippen LogP contribution in [0.5, 0.6) is 0 Å². The van der Waals surface area contributed by atoms with Gasteiger partial charge in [0.1, 0.15) is 0 Å². The number of aliphatic hydroxyl groups is 1. The fraction of sp³-hybridized carbons (Fsp3) is 0.469. The summed E-state index contributed by atoms with van der Waals surface area (Å²) in [5, 5.41) is 12.3. The molecule has 238 valence electrons. The number of hydrogen-bond donors (Lipinski definition) is 2. The lowest BCUT2D eigenvalue weighted by Gasteiger charge is -2.45. The third-order valence-electron chi connectivity index (χ3n) is 8.65. The number of aliphatic hydroxyl groups excluding tert-OH is 1. The molecule has 0 unspecified atom stereocenters. The Balaban J connectivity index is 0.000000346. The second kappa shape index (κ2) is 14.3. The highest BCUT2D eigenvalue weighted by Gasteiger charge is 2.44. The number of piperidine rings is 1. The van der Waals surface area contributed by atoms with Crippen LogP contribution in [-0.4, -0.2) is 85.5 Å². The number of alkyl halides is 3. The summed E-state index contributed by atoms with van der Waals surface area (Å²) < 4.78 is 38.7. The maximum absolute atomic E-state index is 12.9. The van der Waals surface area contributed by atoms with Crippen LogP contribution in [0.25, 0.3) is 11.4 Å². The molecule has 1 aromatic carbocycles. The van der Waals surface area contributed by atoms with Crippen LogP contribution in [0.2, 0.25) is 0 Å². The van der Waals surface area contributed by atoms with E-state index in [0.717, 1.165) is 69.2 Å². The summed E-state index contributed by atoms with van der Waals surface area (Å²) in [6, 6.07) is 10.6. The van der Waals surface area contributed by atoms with Crippen LogP contribution >= 0.6 is 0 Å². The number of pyridine rings is 1. The van der Waals surface area contributed by atoms with Crippen molar-refractivity contribution in [3.8, 4) is 11.4 Å². The van der Waals surface area contributed by atoms with E-state index in [1.165, 1.54) is 12.1 Å². The van der Waals surface area contributed by atoms with Crippen LogP contribution in [0.4, 0.5) is 13.2 Å². The van der Waals surface area contributed by atoms with Crippen LogP contribution in [0.15, 0.2) is 67.3 Å². The Morgan fingerprint density at radius 2 is 1.70 bits per heavy atom. The van der Waals surface area contributed by atoms with E-state index >= 15 is 0 Å². The van der Waals surface area contributed by atoms with Gasteiger partial charge in [-0.15, -0.1) is 0 Å². The summed E-state index contributed by atoms with van der Waals surface area (Å²) in [6.07, 6.45) is 8.59. The highest BCUT2D eigenvalue weighted by molar-refractivity contribution is 5.96. The van der Waals surface area contributed by atoms with Crippen molar-refractivity contribution in [3.05, 3.63) is 78.4 Å². The molecule has 2 saturated heterocycles. The fourth-order valence-corrected chi connectivity index (χ4v) is 6.51. The molecule has 3 aromatic rings. The average molecular weight is 615 g/mol. The zero-order chi connectivity index (χ0) is 31.1. The number of fused-ring (bicyclic) bond motifs is 1. The summed E-state index contributed by atoms with van der Waals surface area (Å²) in [6.45, 7) is 1.41. The molecular weight excluding hydrogens is 573 g/mol. The zero-order valence-corrected chi connectivity index (χ0v) is 24.4. The Morgan fingerprint density at radius 1 is 0.932 bits per heavy atom. The van der Waals surface area contributed by atoms with Crippen LogP contribution in [0.3, 0.4) is 0 Å². The number of rotatable bonds is 5. The second-order valence-corrected chi connectivity index (χ2v) is 11.4. The molecule has 0 spiro atoms. The first-order valence-electron chi connectivity index (χ1n) is 15.1. The lowest BCUT2D eigenvalue weighted by Crippen LogP contribution is -2.55. The largest absolute Gasteiger partial charge is 0.416 e. The SMILES string of the molecule is O=C(NCC(=O)N1CC[C@H]2[C@H]1CCCN2C1CCC(O)CC1)c1cccc(C(F)(F)F)c1.[HH].[HH].c1cnc(-c2cccnc2)nc1. The van der Waals surface area contributed by atoms with Gasteiger partial charge in [-0.2, -0.15) is 13.2 Å². The molecule has 12 heteroatoms. The van der Waals surface area contributed by atoms with Gasteiger partial charge in [0.05, 0.1) is 18.2 Å². The quantitative estimate of drug-likeness (QED) is 0.423. The molecule has 2 amide bonds. The van der Waals surface area contributed by atoms with Crippen molar-refractivity contribution in [3.63, 3.8) is 0 Å². The molecule has 3 aliphatic rings. The smallest absolute Gasteiger partial charge is 0.393 e. The van der Waals surface area contributed by atoms with E-state index in [1.54, 1.807) is 30.9 Å². The van der Waals surface area contributed by atoms with Gasteiger partial charge in [0.15, 0.2) is 5.82 Å². The van der Waals surface area contributed by atoms with E-state index in [9.17, 15) is 27.9 Å². The van der Waals surface area contributed by atoms with Crippen molar-refractivity contribution in [2.24, 2.45) is 0 Å². The van der Waals surface area contributed by atoms with Crippen molar-refractivity contribution in [2.45, 2.75) is 75.4 Å². The van der Waals surface area contributed by atoms with Gasteiger partial charge in [-0.05, 0) is 87.9 Å². The number of benzene rings is 1. The Bertz CT molecular complexity index is 1360. The van der Waals surface area contributed by atoms with Gasteiger partial charge < -0.3 is 15.3 Å². The van der Waals surface area contributed by atoms with E-state index in [2.05, 4.69) is 25.2 Å². The molecule has 0 radical (unpaired) electrons. The minimum Gasteiger partial charge on any atom is -0.393 e. The van der Waals surface area contributed by atoms with Gasteiger partial charge in [-0.3, -0.25) is 19.5 Å². The number of nitrogens with one attached hydrogen (secondary N) is 1. The number of carbonyl (C=O) groups is 2. The predicted octanol–water partition coefficient (Wildman–Crippen LogP) is 4.83. The molecule has 2 atom stereocenters. The maximum atomic E-state index is 12.9. The summed E-state index contributed by atoms with van der Waals surface area (Å²) in [4.78, 5) is 41.7. The van der Waals surface area contributed by atoms with Crippen molar-refractivity contribution >= 4 is 11.8 Å². The van der Waals surface area contributed by atoms with Crippen molar-refractivity contribution < 1.29 is 30.7 Å². The monoisotopic (exact) mass is 614 g/mol. The van der Waals surface area contributed by atoms with Gasteiger partial charge in [-0.25, -0.2) is 9.97 Å². The molecule has 6 rings (SSSR count). The summed E-state index contributed by atoms with van der Waals surface area (Å²) in [5.74, 6) is -0.171. The summed E-state index contributed by atoms with van der Waals surface area (Å²) in [7, 11) is 0. The molecule has 1 saturated carbocycles. The van der Waals surface area contributed by atoms with Crippen LogP contribution in [0.1, 0.15) is 63.7 Å². The zero-order valence-electron chi connectivity index (χ0n) is 24.4.